The molecule has 0 radical (unpaired) electrons. The quantitative estimate of drug-likeness (QED) is 0.795. The van der Waals surface area contributed by atoms with E-state index in [4.69, 9.17) is 10.5 Å². The second-order valence-corrected chi connectivity index (χ2v) is 3.51. The van der Waals surface area contributed by atoms with Crippen molar-refractivity contribution in [3.8, 4) is 5.75 Å². The van der Waals surface area contributed by atoms with Gasteiger partial charge in [0.1, 0.15) is 11.8 Å². The first-order valence-corrected chi connectivity index (χ1v) is 4.66. The van der Waals surface area contributed by atoms with Crippen LogP contribution in [0.15, 0.2) is 24.3 Å². The van der Waals surface area contributed by atoms with Gasteiger partial charge in [-0.3, -0.25) is 9.69 Å². The maximum atomic E-state index is 11.3. The average Bonchev–Trinajstić information content (AvgIpc) is 2.17. The van der Waals surface area contributed by atoms with E-state index in [0.29, 0.717) is 5.75 Å². The number of hydrogen-bond acceptors (Lipinski definition) is 3. The molecule has 0 fully saturated rings. The van der Waals surface area contributed by atoms with Gasteiger partial charge in [-0.25, -0.2) is 0 Å². The summed E-state index contributed by atoms with van der Waals surface area (Å²) < 4.78 is 5.19. The van der Waals surface area contributed by atoms with E-state index in [-0.39, 0.29) is 5.91 Å². The number of para-hydroxylation sites is 1. The molecule has 15 heavy (non-hydrogen) atoms. The molecule has 0 bridgehead atoms. The molecule has 2 N–H and O–H groups in total. The van der Waals surface area contributed by atoms with Gasteiger partial charge in [0.2, 0.25) is 5.91 Å². The van der Waals surface area contributed by atoms with Crippen molar-refractivity contribution in [3.05, 3.63) is 29.8 Å². The van der Waals surface area contributed by atoms with Crippen molar-refractivity contribution in [2.24, 2.45) is 5.73 Å². The Morgan fingerprint density at radius 1 is 1.40 bits per heavy atom. The Balaban J connectivity index is 3.16. The Hall–Kier alpha value is -1.55. The molecular formula is C11H16N2O2. The van der Waals surface area contributed by atoms with Crippen LogP contribution in [0.5, 0.6) is 5.75 Å². The van der Waals surface area contributed by atoms with Crippen LogP contribution in [-0.2, 0) is 4.79 Å². The van der Waals surface area contributed by atoms with Crippen LogP contribution in [0.1, 0.15) is 11.6 Å². The van der Waals surface area contributed by atoms with E-state index in [1.54, 1.807) is 12.0 Å². The smallest absolute Gasteiger partial charge is 0.239 e. The lowest BCUT2D eigenvalue weighted by molar-refractivity contribution is -0.122. The van der Waals surface area contributed by atoms with Gasteiger partial charge >= 0.3 is 0 Å². The van der Waals surface area contributed by atoms with E-state index in [1.165, 1.54) is 0 Å². The minimum absolute atomic E-state index is 0.385. The Morgan fingerprint density at radius 3 is 2.47 bits per heavy atom. The summed E-state index contributed by atoms with van der Waals surface area (Å²) in [6, 6.07) is 6.91. The van der Waals surface area contributed by atoms with E-state index in [9.17, 15) is 4.79 Å². The maximum absolute atomic E-state index is 11.3. The largest absolute Gasteiger partial charge is 0.496 e. The molecule has 0 aliphatic rings. The average molecular weight is 208 g/mol. The molecule has 0 aromatic heterocycles. The predicted octanol–water partition coefficient (Wildman–Crippen LogP) is 0.783. The summed E-state index contributed by atoms with van der Waals surface area (Å²) in [5.74, 6) is 0.291. The predicted molar refractivity (Wildman–Crippen MR) is 58.6 cm³/mol. The van der Waals surface area contributed by atoms with E-state index >= 15 is 0 Å². The van der Waals surface area contributed by atoms with Crippen molar-refractivity contribution in [2.45, 2.75) is 6.04 Å². The molecule has 4 heteroatoms. The summed E-state index contributed by atoms with van der Waals surface area (Å²) in [7, 11) is 5.19. The van der Waals surface area contributed by atoms with E-state index in [2.05, 4.69) is 0 Å². The van der Waals surface area contributed by atoms with Crippen molar-refractivity contribution in [1.82, 2.24) is 4.90 Å². The van der Waals surface area contributed by atoms with Gasteiger partial charge in [-0.2, -0.15) is 0 Å². The number of methoxy groups -OCH3 is 1. The second-order valence-electron chi connectivity index (χ2n) is 3.51. The van der Waals surface area contributed by atoms with Crippen LogP contribution in [0, 0.1) is 0 Å². The Bertz CT molecular complexity index is 350. The third-order valence-corrected chi connectivity index (χ3v) is 2.22. The van der Waals surface area contributed by atoms with Gasteiger partial charge in [-0.15, -0.1) is 0 Å². The first-order chi connectivity index (χ1) is 7.07. The van der Waals surface area contributed by atoms with Crippen LogP contribution in [0.2, 0.25) is 0 Å². The van der Waals surface area contributed by atoms with Gasteiger partial charge < -0.3 is 10.5 Å². The molecule has 0 heterocycles. The fourth-order valence-corrected chi connectivity index (χ4v) is 1.58. The number of carbonyl (C=O) groups excluding carboxylic acids is 1. The first kappa shape index (κ1) is 11.5. The van der Waals surface area contributed by atoms with Crippen LogP contribution in [0.4, 0.5) is 0 Å². The molecule has 0 aliphatic heterocycles. The highest BCUT2D eigenvalue weighted by Gasteiger charge is 2.23. The fraction of sp³-hybridized carbons (Fsp3) is 0.364. The highest BCUT2D eigenvalue weighted by Crippen LogP contribution is 2.27. The number of carbonyl (C=O) groups is 1. The summed E-state index contributed by atoms with van der Waals surface area (Å²) in [4.78, 5) is 13.1. The van der Waals surface area contributed by atoms with Crippen molar-refractivity contribution in [2.75, 3.05) is 21.2 Å². The van der Waals surface area contributed by atoms with Gasteiger partial charge in [0.05, 0.1) is 7.11 Å². The first-order valence-electron chi connectivity index (χ1n) is 4.66. The number of rotatable bonds is 4. The maximum Gasteiger partial charge on any atom is 0.239 e. The van der Waals surface area contributed by atoms with Crippen LogP contribution in [0.3, 0.4) is 0 Å². The minimum atomic E-state index is -0.457. The Kier molecular flexibility index (Phi) is 3.68. The zero-order chi connectivity index (χ0) is 11.4. The molecule has 1 amide bonds. The number of ether oxygens (including phenoxy) is 1. The highest BCUT2D eigenvalue weighted by molar-refractivity contribution is 5.82. The summed E-state index contributed by atoms with van der Waals surface area (Å²) in [5.41, 5.74) is 6.15. The zero-order valence-corrected chi connectivity index (χ0v) is 9.23. The van der Waals surface area contributed by atoms with Crippen molar-refractivity contribution in [3.63, 3.8) is 0 Å². The molecule has 1 atom stereocenters. The molecule has 0 saturated heterocycles. The standard InChI is InChI=1S/C11H16N2O2/c1-13(2)10(11(12)14)8-6-4-5-7-9(8)15-3/h4-7,10H,1-3H3,(H2,12,14). The molecule has 1 aromatic rings. The van der Waals surface area contributed by atoms with Crippen LogP contribution >= 0.6 is 0 Å². The van der Waals surface area contributed by atoms with E-state index < -0.39 is 6.04 Å². The monoisotopic (exact) mass is 208 g/mol. The molecular weight excluding hydrogens is 192 g/mol. The Morgan fingerprint density at radius 2 is 2.00 bits per heavy atom. The van der Waals surface area contributed by atoms with E-state index in [1.807, 2.05) is 38.4 Å². The number of amides is 1. The highest BCUT2D eigenvalue weighted by atomic mass is 16.5. The number of hydrogen-bond donors (Lipinski definition) is 1. The summed E-state index contributed by atoms with van der Waals surface area (Å²) >= 11 is 0. The molecule has 0 saturated carbocycles. The van der Waals surface area contributed by atoms with Gasteiger partial charge in [0.25, 0.3) is 0 Å². The third-order valence-electron chi connectivity index (χ3n) is 2.22. The zero-order valence-electron chi connectivity index (χ0n) is 9.23. The van der Waals surface area contributed by atoms with Gasteiger partial charge in [-0.05, 0) is 20.2 Å². The summed E-state index contributed by atoms with van der Waals surface area (Å²) in [5, 5.41) is 0. The SMILES string of the molecule is COc1ccccc1C(C(N)=O)N(C)C. The second kappa shape index (κ2) is 4.79. The molecule has 1 rings (SSSR count). The molecule has 1 aromatic carbocycles. The number of nitrogens with zero attached hydrogens (tertiary/aromatic N) is 1. The molecule has 82 valence electrons. The molecule has 1 unspecified atom stereocenters. The topological polar surface area (TPSA) is 55.6 Å². The van der Waals surface area contributed by atoms with Gasteiger partial charge in [0, 0.05) is 5.56 Å². The molecule has 0 spiro atoms. The number of primary amides is 1. The summed E-state index contributed by atoms with van der Waals surface area (Å²) in [6.07, 6.45) is 0. The fourth-order valence-electron chi connectivity index (χ4n) is 1.58. The van der Waals surface area contributed by atoms with Crippen LogP contribution in [0.25, 0.3) is 0 Å². The third kappa shape index (κ3) is 2.47. The lowest BCUT2D eigenvalue weighted by Gasteiger charge is -2.23. The van der Waals surface area contributed by atoms with Crippen molar-refractivity contribution >= 4 is 5.91 Å². The molecule has 4 nitrogen and oxygen atoms in total. The van der Waals surface area contributed by atoms with Gasteiger partial charge in [-0.1, -0.05) is 18.2 Å². The lowest BCUT2D eigenvalue weighted by atomic mass is 10.0. The van der Waals surface area contributed by atoms with E-state index in [0.717, 1.165) is 5.56 Å². The number of benzene rings is 1. The van der Waals surface area contributed by atoms with Crippen molar-refractivity contribution in [1.29, 1.82) is 0 Å². The normalized spacial score (nSPS) is 12.5. The van der Waals surface area contributed by atoms with Crippen LogP contribution < -0.4 is 10.5 Å². The van der Waals surface area contributed by atoms with Crippen LogP contribution in [-0.4, -0.2) is 32.0 Å². The summed E-state index contributed by atoms with van der Waals surface area (Å²) in [6.45, 7) is 0. The van der Waals surface area contributed by atoms with Crippen molar-refractivity contribution < 1.29 is 9.53 Å². The molecule has 0 aliphatic carbocycles. The number of nitrogens with two attached hydrogens (primary N) is 1. The van der Waals surface area contributed by atoms with Gasteiger partial charge in [0.15, 0.2) is 0 Å². The minimum Gasteiger partial charge on any atom is -0.496 e. The lowest BCUT2D eigenvalue weighted by Crippen LogP contribution is -2.33. The Labute approximate surface area is 89.6 Å². The number of likely N-dealkylation sites (N-methyl/N-ethyl adjacent to an activating group) is 1.